The molecule has 4 aliphatic rings. The van der Waals surface area contributed by atoms with Crippen LogP contribution in [0.25, 0.3) is 11.0 Å². The molecule has 2 spiro atoms. The van der Waals surface area contributed by atoms with E-state index in [1.807, 2.05) is 6.20 Å². The number of fused-ring (bicyclic) bond motifs is 4. The molecule has 0 aromatic carbocycles. The van der Waals surface area contributed by atoms with Crippen LogP contribution in [0.15, 0.2) is 18.5 Å². The van der Waals surface area contributed by atoms with Gasteiger partial charge in [-0.1, -0.05) is 19.3 Å². The molecule has 0 bridgehead atoms. The molecule has 1 unspecified atom stereocenters. The van der Waals surface area contributed by atoms with E-state index < -0.39 is 7.12 Å². The number of Topliss-reactive ketones (excluding diaryl/α,β-unsaturated/α-hetero) is 1. The summed E-state index contributed by atoms with van der Waals surface area (Å²) in [6, 6.07) is 2.07. The molecule has 6 heteroatoms. The lowest BCUT2D eigenvalue weighted by molar-refractivity contribution is -0.124. The van der Waals surface area contributed by atoms with Crippen LogP contribution in [-0.2, 0) is 15.0 Å². The molecule has 3 heterocycles. The van der Waals surface area contributed by atoms with Crippen molar-refractivity contribution in [2.45, 2.75) is 89.1 Å². The van der Waals surface area contributed by atoms with Crippen LogP contribution in [0.1, 0.15) is 89.0 Å². The van der Waals surface area contributed by atoms with Gasteiger partial charge in [-0.25, -0.2) is 4.98 Å². The number of pyridine rings is 1. The number of ketones is 1. The van der Waals surface area contributed by atoms with Crippen LogP contribution < -0.4 is 5.46 Å². The molecule has 2 aromatic rings. The monoisotopic (exact) mass is 420 g/mol. The first-order valence-corrected chi connectivity index (χ1v) is 12.4. The van der Waals surface area contributed by atoms with Crippen molar-refractivity contribution in [1.82, 2.24) is 9.97 Å². The van der Waals surface area contributed by atoms with Crippen LogP contribution in [-0.4, -0.2) is 27.9 Å². The smallest absolute Gasteiger partial charge is 0.423 e. The average molecular weight is 420 g/mol. The van der Waals surface area contributed by atoms with Crippen molar-refractivity contribution in [2.24, 2.45) is 17.3 Å². The Kier molecular flexibility index (Phi) is 4.80. The van der Waals surface area contributed by atoms with Crippen LogP contribution >= 0.6 is 0 Å². The fourth-order valence-corrected chi connectivity index (χ4v) is 7.44. The number of carbonyl (C=O) groups excluding carboxylic acids is 1. The van der Waals surface area contributed by atoms with Crippen molar-refractivity contribution in [1.29, 1.82) is 0 Å². The Bertz CT molecular complexity index is 988. The van der Waals surface area contributed by atoms with Crippen molar-refractivity contribution in [3.63, 3.8) is 0 Å². The Hall–Kier alpha value is -1.66. The van der Waals surface area contributed by atoms with Crippen molar-refractivity contribution in [3.05, 3.63) is 24.0 Å². The molecule has 2 aromatic heterocycles. The summed E-state index contributed by atoms with van der Waals surface area (Å²) in [7, 11) is -0.875. The van der Waals surface area contributed by atoms with E-state index in [2.05, 4.69) is 16.0 Å². The Morgan fingerprint density at radius 1 is 1.16 bits per heavy atom. The molecule has 1 atom stereocenters. The summed E-state index contributed by atoms with van der Waals surface area (Å²) in [5.74, 6) is 1.47. The molecular formula is C25H33BN2O3. The minimum Gasteiger partial charge on any atom is -0.423 e. The van der Waals surface area contributed by atoms with Gasteiger partial charge >= 0.3 is 7.12 Å². The molecule has 0 saturated heterocycles. The van der Waals surface area contributed by atoms with Gasteiger partial charge in [-0.2, -0.15) is 0 Å². The molecule has 3 aliphatic carbocycles. The minimum atomic E-state index is -0.875. The van der Waals surface area contributed by atoms with Gasteiger partial charge in [0.15, 0.2) is 0 Å². The molecule has 2 N–H and O–H groups in total. The summed E-state index contributed by atoms with van der Waals surface area (Å²) in [5, 5.41) is 11.7. The molecule has 31 heavy (non-hydrogen) atoms. The summed E-state index contributed by atoms with van der Waals surface area (Å²) in [6.45, 7) is 0. The van der Waals surface area contributed by atoms with Gasteiger partial charge < -0.3 is 14.7 Å². The number of aromatic amines is 1. The maximum absolute atomic E-state index is 12.8. The van der Waals surface area contributed by atoms with Crippen molar-refractivity contribution >= 4 is 29.4 Å². The standard InChI is InChI=1S/C25H33BN2O3/c29-21(18-4-2-1-3-5-18)14-17-6-8-24(15-17)9-11-25(12-10-24)22-19-7-13-27-23(19)28-16-20(22)26(30)31-25/h7,13,16-18,30H,1-6,8-12,14-15H2,(H,27,28). The lowest BCUT2D eigenvalue weighted by Gasteiger charge is -2.44. The van der Waals surface area contributed by atoms with Gasteiger partial charge in [0.05, 0.1) is 5.60 Å². The number of nitrogens with one attached hydrogen (secondary N) is 1. The van der Waals surface area contributed by atoms with Gasteiger partial charge in [0, 0.05) is 35.6 Å². The molecule has 5 nitrogen and oxygen atoms in total. The predicted octanol–water partition coefficient (Wildman–Crippen LogP) is 4.38. The zero-order valence-electron chi connectivity index (χ0n) is 18.4. The van der Waals surface area contributed by atoms with Crippen LogP contribution in [0.5, 0.6) is 0 Å². The van der Waals surface area contributed by atoms with Crippen molar-refractivity contribution < 1.29 is 14.5 Å². The van der Waals surface area contributed by atoms with Gasteiger partial charge in [0.2, 0.25) is 0 Å². The highest BCUT2D eigenvalue weighted by Crippen LogP contribution is 2.58. The molecule has 3 fully saturated rings. The summed E-state index contributed by atoms with van der Waals surface area (Å²) in [5.41, 5.74) is 2.84. The van der Waals surface area contributed by atoms with Gasteiger partial charge in [0.1, 0.15) is 11.4 Å². The summed E-state index contributed by atoms with van der Waals surface area (Å²) in [6.07, 6.45) is 18.4. The predicted molar refractivity (Wildman–Crippen MR) is 121 cm³/mol. The highest BCUT2D eigenvalue weighted by molar-refractivity contribution is 6.62. The van der Waals surface area contributed by atoms with E-state index >= 15 is 0 Å². The topological polar surface area (TPSA) is 75.2 Å². The minimum absolute atomic E-state index is 0.349. The van der Waals surface area contributed by atoms with Gasteiger partial charge in [-0.05, 0) is 80.8 Å². The quantitative estimate of drug-likeness (QED) is 0.723. The van der Waals surface area contributed by atoms with E-state index in [0.717, 1.165) is 67.0 Å². The third-order valence-electron chi connectivity index (χ3n) is 9.15. The second-order valence-electron chi connectivity index (χ2n) is 10.9. The van der Waals surface area contributed by atoms with E-state index in [0.29, 0.717) is 23.0 Å². The van der Waals surface area contributed by atoms with E-state index in [9.17, 15) is 9.82 Å². The fourth-order valence-electron chi connectivity index (χ4n) is 7.44. The van der Waals surface area contributed by atoms with E-state index in [1.165, 1.54) is 38.5 Å². The number of nitrogens with zero attached hydrogens (tertiary/aromatic N) is 1. The second kappa shape index (κ2) is 7.45. The van der Waals surface area contributed by atoms with E-state index in [1.54, 1.807) is 6.20 Å². The number of hydrogen-bond donors (Lipinski definition) is 2. The summed E-state index contributed by atoms with van der Waals surface area (Å²) in [4.78, 5) is 20.5. The van der Waals surface area contributed by atoms with Gasteiger partial charge in [-0.3, -0.25) is 4.79 Å². The number of rotatable bonds is 3. The number of aromatic nitrogens is 2. The molecule has 164 valence electrons. The average Bonchev–Trinajstić information content (AvgIpc) is 3.48. The first-order valence-electron chi connectivity index (χ1n) is 12.4. The third-order valence-corrected chi connectivity index (χ3v) is 9.15. The zero-order valence-corrected chi connectivity index (χ0v) is 18.4. The van der Waals surface area contributed by atoms with Crippen LogP contribution in [0.3, 0.4) is 0 Å². The summed E-state index contributed by atoms with van der Waals surface area (Å²) < 4.78 is 6.26. The maximum Gasteiger partial charge on any atom is 0.493 e. The molecule has 0 amide bonds. The Labute approximate surface area is 184 Å². The number of H-pyrrole nitrogens is 1. The molecular weight excluding hydrogens is 387 g/mol. The SMILES string of the molecule is O=C(CC1CCC2(CCC3(CC2)OB(O)c2cnc4[nH]ccc4c23)C1)C1CCCCC1. The highest BCUT2D eigenvalue weighted by Gasteiger charge is 2.54. The Balaban J connectivity index is 1.16. The number of hydrogen-bond acceptors (Lipinski definition) is 4. The van der Waals surface area contributed by atoms with Crippen LogP contribution in [0.2, 0.25) is 0 Å². The molecule has 3 saturated carbocycles. The van der Waals surface area contributed by atoms with E-state index in [-0.39, 0.29) is 5.60 Å². The maximum atomic E-state index is 12.8. The fraction of sp³-hybridized carbons (Fsp3) is 0.680. The van der Waals surface area contributed by atoms with Crippen LogP contribution in [0, 0.1) is 17.3 Å². The first kappa shape index (κ1) is 20.0. The van der Waals surface area contributed by atoms with Gasteiger partial charge in [0.25, 0.3) is 0 Å². The van der Waals surface area contributed by atoms with Crippen molar-refractivity contribution in [2.75, 3.05) is 0 Å². The summed E-state index contributed by atoms with van der Waals surface area (Å²) >= 11 is 0. The Morgan fingerprint density at radius 3 is 2.77 bits per heavy atom. The largest absolute Gasteiger partial charge is 0.493 e. The molecule has 1 aliphatic heterocycles. The third kappa shape index (κ3) is 3.29. The molecule has 0 radical (unpaired) electrons. The lowest BCUT2D eigenvalue weighted by atomic mass is 9.65. The lowest BCUT2D eigenvalue weighted by Crippen LogP contribution is -2.37. The second-order valence-corrected chi connectivity index (χ2v) is 10.9. The van der Waals surface area contributed by atoms with E-state index in [4.69, 9.17) is 4.65 Å². The first-order chi connectivity index (χ1) is 15.1. The molecule has 6 rings (SSSR count). The Morgan fingerprint density at radius 2 is 1.97 bits per heavy atom. The van der Waals surface area contributed by atoms with Gasteiger partial charge in [-0.15, -0.1) is 0 Å². The van der Waals surface area contributed by atoms with Crippen molar-refractivity contribution in [3.8, 4) is 0 Å². The normalized spacial score (nSPS) is 33.6. The zero-order chi connectivity index (χ0) is 21.1. The van der Waals surface area contributed by atoms with Crippen LogP contribution in [0.4, 0.5) is 0 Å². The number of carbonyl (C=O) groups is 1. The highest BCUT2D eigenvalue weighted by atomic mass is 16.5.